The number of nitrogens with one attached hydrogen (secondary N) is 1. The maximum absolute atomic E-state index is 12.7. The fraction of sp³-hybridized carbons (Fsp3) is 0.450. The Labute approximate surface area is 149 Å². The Hall–Kier alpha value is -2.27. The van der Waals surface area contributed by atoms with E-state index >= 15 is 0 Å². The van der Waals surface area contributed by atoms with Gasteiger partial charge in [-0.3, -0.25) is 9.69 Å². The molecule has 0 bridgehead atoms. The summed E-state index contributed by atoms with van der Waals surface area (Å²) in [7, 11) is 0. The second-order valence-electron chi connectivity index (χ2n) is 6.27. The minimum absolute atomic E-state index is 0.0681. The lowest BCUT2D eigenvalue weighted by molar-refractivity contribution is 0.0910. The van der Waals surface area contributed by atoms with Gasteiger partial charge in [-0.2, -0.15) is 0 Å². The molecule has 1 aliphatic heterocycles. The molecule has 134 valence electrons. The van der Waals surface area contributed by atoms with Gasteiger partial charge in [-0.05, 0) is 57.1 Å². The fourth-order valence-electron chi connectivity index (χ4n) is 3.34. The molecule has 1 atom stereocenters. The molecule has 0 aliphatic carbocycles. The number of rotatable bonds is 7. The van der Waals surface area contributed by atoms with Gasteiger partial charge in [0.2, 0.25) is 0 Å². The molecular weight excluding hydrogens is 316 g/mol. The highest BCUT2D eigenvalue weighted by Crippen LogP contribution is 2.25. The van der Waals surface area contributed by atoms with Crippen LogP contribution in [0.25, 0.3) is 0 Å². The van der Waals surface area contributed by atoms with Crippen molar-refractivity contribution >= 4 is 5.91 Å². The van der Waals surface area contributed by atoms with Crippen LogP contribution in [0.15, 0.2) is 47.1 Å². The molecule has 0 saturated carbocycles. The number of carbonyl (C=O) groups excluding carboxylic acids is 1. The maximum Gasteiger partial charge on any atom is 0.255 e. The van der Waals surface area contributed by atoms with E-state index in [1.165, 1.54) is 19.3 Å². The van der Waals surface area contributed by atoms with E-state index in [2.05, 4.69) is 10.2 Å². The van der Waals surface area contributed by atoms with Crippen molar-refractivity contribution in [2.45, 2.75) is 32.2 Å². The third-order valence-corrected chi connectivity index (χ3v) is 4.59. The maximum atomic E-state index is 12.7. The average Bonchev–Trinajstić information content (AvgIpc) is 3.18. The minimum atomic E-state index is -0.113. The van der Waals surface area contributed by atoms with E-state index in [0.717, 1.165) is 18.8 Å². The Morgan fingerprint density at radius 1 is 1.20 bits per heavy atom. The molecule has 1 aromatic carbocycles. The van der Waals surface area contributed by atoms with Crippen molar-refractivity contribution in [2.75, 3.05) is 26.2 Å². The van der Waals surface area contributed by atoms with Crippen LogP contribution in [0.3, 0.4) is 0 Å². The molecule has 2 heterocycles. The van der Waals surface area contributed by atoms with E-state index in [4.69, 9.17) is 9.15 Å². The number of carbonyl (C=O) groups is 1. The van der Waals surface area contributed by atoms with Crippen molar-refractivity contribution in [3.05, 3.63) is 54.0 Å². The average molecular weight is 342 g/mol. The van der Waals surface area contributed by atoms with Gasteiger partial charge in [0, 0.05) is 6.54 Å². The fourth-order valence-corrected chi connectivity index (χ4v) is 3.34. The van der Waals surface area contributed by atoms with E-state index < -0.39 is 0 Å². The third-order valence-electron chi connectivity index (χ3n) is 4.59. The Balaban J connectivity index is 1.69. The van der Waals surface area contributed by atoms with Crippen molar-refractivity contribution < 1.29 is 13.9 Å². The van der Waals surface area contributed by atoms with E-state index in [0.29, 0.717) is 24.5 Å². The number of ether oxygens (including phenoxy) is 1. The summed E-state index contributed by atoms with van der Waals surface area (Å²) in [6.07, 6.45) is 5.35. The molecule has 1 aromatic heterocycles. The van der Waals surface area contributed by atoms with Crippen LogP contribution in [0.4, 0.5) is 0 Å². The third kappa shape index (κ3) is 4.42. The Morgan fingerprint density at radius 3 is 2.72 bits per heavy atom. The number of para-hydroxylation sites is 1. The number of piperidine rings is 1. The van der Waals surface area contributed by atoms with Crippen molar-refractivity contribution in [2.24, 2.45) is 0 Å². The van der Waals surface area contributed by atoms with Crippen molar-refractivity contribution in [3.8, 4) is 5.75 Å². The van der Waals surface area contributed by atoms with Gasteiger partial charge in [0.15, 0.2) is 0 Å². The van der Waals surface area contributed by atoms with Crippen molar-refractivity contribution in [3.63, 3.8) is 0 Å². The zero-order chi connectivity index (χ0) is 17.5. The van der Waals surface area contributed by atoms with Gasteiger partial charge in [-0.15, -0.1) is 0 Å². The van der Waals surface area contributed by atoms with E-state index in [-0.39, 0.29) is 11.9 Å². The number of hydrogen-bond donors (Lipinski definition) is 1. The first-order valence-electron chi connectivity index (χ1n) is 9.07. The summed E-state index contributed by atoms with van der Waals surface area (Å²) in [5, 5.41) is 3.06. The second-order valence-corrected chi connectivity index (χ2v) is 6.27. The van der Waals surface area contributed by atoms with Gasteiger partial charge in [0.05, 0.1) is 24.5 Å². The Bertz CT molecular complexity index is 663. The highest BCUT2D eigenvalue weighted by atomic mass is 16.5. The lowest BCUT2D eigenvalue weighted by Gasteiger charge is -2.33. The molecule has 0 radical (unpaired) electrons. The molecule has 1 fully saturated rings. The number of likely N-dealkylation sites (tertiary alicyclic amines) is 1. The number of nitrogens with zero attached hydrogens (tertiary/aromatic N) is 1. The van der Waals surface area contributed by atoms with Crippen LogP contribution in [0.2, 0.25) is 0 Å². The number of hydrogen-bond acceptors (Lipinski definition) is 4. The largest absolute Gasteiger partial charge is 0.493 e. The van der Waals surface area contributed by atoms with Gasteiger partial charge in [0.25, 0.3) is 5.91 Å². The number of benzene rings is 1. The highest BCUT2D eigenvalue weighted by Gasteiger charge is 2.25. The molecule has 2 aromatic rings. The minimum Gasteiger partial charge on any atom is -0.493 e. The Kier molecular flexibility index (Phi) is 6.12. The molecule has 5 heteroatoms. The molecule has 1 amide bonds. The second kappa shape index (κ2) is 8.72. The summed E-state index contributed by atoms with van der Waals surface area (Å²) in [4.78, 5) is 15.1. The summed E-state index contributed by atoms with van der Waals surface area (Å²) in [5.74, 6) is 1.41. The molecule has 5 nitrogen and oxygen atoms in total. The molecule has 25 heavy (non-hydrogen) atoms. The zero-order valence-electron chi connectivity index (χ0n) is 14.7. The predicted molar refractivity (Wildman–Crippen MR) is 96.8 cm³/mol. The van der Waals surface area contributed by atoms with Crippen LogP contribution in [0.5, 0.6) is 5.75 Å². The van der Waals surface area contributed by atoms with Crippen LogP contribution in [0.1, 0.15) is 48.3 Å². The van der Waals surface area contributed by atoms with Crippen LogP contribution in [-0.4, -0.2) is 37.0 Å². The first kappa shape index (κ1) is 17.5. The first-order valence-corrected chi connectivity index (χ1v) is 9.07. The normalized spacial score (nSPS) is 16.4. The highest BCUT2D eigenvalue weighted by molar-refractivity contribution is 5.96. The van der Waals surface area contributed by atoms with Crippen LogP contribution < -0.4 is 10.1 Å². The van der Waals surface area contributed by atoms with Gasteiger partial charge in [-0.1, -0.05) is 18.6 Å². The molecule has 0 unspecified atom stereocenters. The SMILES string of the molecule is CCOc1ccccc1C(=O)NC[C@@H](c1ccco1)N1CCCCC1. The van der Waals surface area contributed by atoms with Crippen LogP contribution in [0, 0.1) is 0 Å². The lowest BCUT2D eigenvalue weighted by atomic mass is 10.1. The quantitative estimate of drug-likeness (QED) is 0.835. The van der Waals surface area contributed by atoms with Crippen LogP contribution >= 0.6 is 0 Å². The topological polar surface area (TPSA) is 54.7 Å². The van der Waals surface area contributed by atoms with Gasteiger partial charge in [0.1, 0.15) is 11.5 Å². The molecule has 1 N–H and O–H groups in total. The smallest absolute Gasteiger partial charge is 0.255 e. The molecule has 1 aliphatic rings. The standard InChI is InChI=1S/C20H26N2O3/c1-2-24-18-10-5-4-9-16(18)20(23)21-15-17(19-11-8-14-25-19)22-12-6-3-7-13-22/h4-5,8-11,14,17H,2-3,6-7,12-13,15H2,1H3,(H,21,23)/t17-/m0/s1. The van der Waals surface area contributed by atoms with E-state index in [9.17, 15) is 4.79 Å². The number of amides is 1. The summed E-state index contributed by atoms with van der Waals surface area (Å²) in [6, 6.07) is 11.3. The zero-order valence-corrected chi connectivity index (χ0v) is 14.7. The summed E-state index contributed by atoms with van der Waals surface area (Å²) < 4.78 is 11.2. The molecule has 0 spiro atoms. The Morgan fingerprint density at radius 2 is 2.00 bits per heavy atom. The van der Waals surface area contributed by atoms with Crippen molar-refractivity contribution in [1.82, 2.24) is 10.2 Å². The monoisotopic (exact) mass is 342 g/mol. The van der Waals surface area contributed by atoms with Gasteiger partial charge < -0.3 is 14.5 Å². The van der Waals surface area contributed by atoms with E-state index in [1.54, 1.807) is 12.3 Å². The first-order chi connectivity index (χ1) is 12.3. The van der Waals surface area contributed by atoms with Gasteiger partial charge >= 0.3 is 0 Å². The summed E-state index contributed by atoms with van der Waals surface area (Å²) in [6.45, 7) is 5.05. The summed E-state index contributed by atoms with van der Waals surface area (Å²) >= 11 is 0. The molecule has 1 saturated heterocycles. The predicted octanol–water partition coefficient (Wildman–Crippen LogP) is 3.64. The lowest BCUT2D eigenvalue weighted by Crippen LogP contribution is -2.40. The molecule has 3 rings (SSSR count). The molecular formula is C20H26N2O3. The summed E-state index contributed by atoms with van der Waals surface area (Å²) in [5.41, 5.74) is 0.571. The van der Waals surface area contributed by atoms with Gasteiger partial charge in [-0.25, -0.2) is 0 Å². The van der Waals surface area contributed by atoms with E-state index in [1.807, 2.05) is 37.3 Å². The number of furan rings is 1. The van der Waals surface area contributed by atoms with Crippen LogP contribution in [-0.2, 0) is 0 Å². The van der Waals surface area contributed by atoms with Crippen molar-refractivity contribution in [1.29, 1.82) is 0 Å².